The van der Waals surface area contributed by atoms with Gasteiger partial charge < -0.3 is 19.7 Å². The smallest absolute Gasteiger partial charge is 0.410 e. The van der Waals surface area contributed by atoms with E-state index in [1.54, 1.807) is 23.5 Å². The van der Waals surface area contributed by atoms with Gasteiger partial charge in [-0.3, -0.25) is 10.00 Å². The molecule has 2 fully saturated rings. The van der Waals surface area contributed by atoms with Gasteiger partial charge >= 0.3 is 6.09 Å². The van der Waals surface area contributed by atoms with Crippen LogP contribution in [0.5, 0.6) is 0 Å². The number of nitrogens with zero attached hydrogens (tertiary/aromatic N) is 5. The summed E-state index contributed by atoms with van der Waals surface area (Å²) in [6, 6.07) is 14.5. The Morgan fingerprint density at radius 2 is 2.07 bits per heavy atom. The molecule has 0 bridgehead atoms. The zero-order valence-electron chi connectivity index (χ0n) is 23.5. The van der Waals surface area contributed by atoms with Crippen molar-refractivity contribution in [2.45, 2.75) is 25.1 Å². The number of nitrogens with one attached hydrogen (secondary N) is 2. The van der Waals surface area contributed by atoms with Crippen LogP contribution >= 0.6 is 23.7 Å². The van der Waals surface area contributed by atoms with Gasteiger partial charge in [0, 0.05) is 37.1 Å². The lowest BCUT2D eigenvalue weighted by atomic mass is 10.2. The first-order chi connectivity index (χ1) is 21.1. The highest BCUT2D eigenvalue weighted by atomic mass is 35.5. The first-order valence-electron chi connectivity index (χ1n) is 14.1. The Labute approximate surface area is 263 Å². The lowest BCUT2D eigenvalue weighted by Gasteiger charge is -2.27. The fourth-order valence-electron chi connectivity index (χ4n) is 5.28. The van der Waals surface area contributed by atoms with Crippen LogP contribution in [0.4, 0.5) is 20.7 Å². The van der Waals surface area contributed by atoms with Gasteiger partial charge in [0.15, 0.2) is 0 Å². The summed E-state index contributed by atoms with van der Waals surface area (Å²) in [7, 11) is 0. The Bertz CT molecular complexity index is 1860. The number of benzene rings is 2. The van der Waals surface area contributed by atoms with E-state index in [-0.39, 0.29) is 36.5 Å². The number of halogens is 2. The number of hydrogen-bond donors (Lipinski definition) is 2. The number of amides is 1. The number of rotatable bonds is 5. The Kier molecular flexibility index (Phi) is 8.90. The van der Waals surface area contributed by atoms with E-state index in [2.05, 4.69) is 37.5 Å². The molecule has 0 aliphatic carbocycles. The standard InChI is InChI=1S/C31H28FN7O3S.ClH/c32-22-3-1-2-20(12-22)18-39-28-7-5-24(13-21(28)16-36-39)37-29-27-15-26(43-30(27)35-19-34-29)6-4-23-14-25(17-33-23)42-31(40)38-8-10-41-11-9-38;/h1-3,5,7,12-13,15-16,19,23,25,33H,8-11,14,17-18H2,(H,34,35,37);1H/t23-,25+;/m1./s1. The molecule has 2 N–H and O–H groups in total. The van der Waals surface area contributed by atoms with Gasteiger partial charge in [-0.1, -0.05) is 24.0 Å². The number of morpholine rings is 1. The normalized spacial score (nSPS) is 18.1. The summed E-state index contributed by atoms with van der Waals surface area (Å²) in [6.07, 6.45) is 3.49. The van der Waals surface area contributed by atoms with Crippen molar-refractivity contribution in [2.75, 3.05) is 38.2 Å². The van der Waals surface area contributed by atoms with Crippen LogP contribution in [0.25, 0.3) is 21.1 Å². The fraction of sp³-hybridized carbons (Fsp3) is 0.290. The van der Waals surface area contributed by atoms with E-state index in [0.29, 0.717) is 51.6 Å². The van der Waals surface area contributed by atoms with Gasteiger partial charge in [-0.2, -0.15) is 5.10 Å². The maximum absolute atomic E-state index is 13.6. The maximum atomic E-state index is 13.6. The minimum absolute atomic E-state index is 0. The van der Waals surface area contributed by atoms with Gasteiger partial charge in [-0.25, -0.2) is 19.2 Å². The first kappa shape index (κ1) is 29.8. The SMILES string of the molecule is Cl.O=C(O[C@@H]1CN[C@H](C#Cc2cc3c(Nc4ccc5c(cnn5Cc5cccc(F)c5)c4)ncnc3s2)C1)N1CCOCC1. The molecule has 226 valence electrons. The van der Waals surface area contributed by atoms with E-state index < -0.39 is 0 Å². The van der Waals surface area contributed by atoms with Gasteiger partial charge in [0.25, 0.3) is 0 Å². The van der Waals surface area contributed by atoms with E-state index in [4.69, 9.17) is 9.47 Å². The van der Waals surface area contributed by atoms with Crippen LogP contribution < -0.4 is 10.6 Å². The minimum atomic E-state index is -0.288. The Balaban J connectivity index is 0.00000343. The highest BCUT2D eigenvalue weighted by Gasteiger charge is 2.28. The molecule has 44 heavy (non-hydrogen) atoms. The van der Waals surface area contributed by atoms with Crippen LogP contribution in [0.15, 0.2) is 61.1 Å². The van der Waals surface area contributed by atoms with Crippen LogP contribution in [0.3, 0.4) is 0 Å². The third-order valence-electron chi connectivity index (χ3n) is 7.45. The average Bonchev–Trinajstić information content (AvgIpc) is 3.75. The zero-order chi connectivity index (χ0) is 29.2. The van der Waals surface area contributed by atoms with Crippen molar-refractivity contribution in [3.05, 3.63) is 77.3 Å². The van der Waals surface area contributed by atoms with Gasteiger partial charge in [0.2, 0.25) is 0 Å². The minimum Gasteiger partial charge on any atom is -0.445 e. The van der Waals surface area contributed by atoms with Crippen LogP contribution in [0, 0.1) is 17.7 Å². The van der Waals surface area contributed by atoms with E-state index in [1.165, 1.54) is 23.5 Å². The molecular formula is C31H29ClFN7O3S. The molecular weight excluding hydrogens is 605 g/mol. The molecule has 2 aromatic carbocycles. The lowest BCUT2D eigenvalue weighted by molar-refractivity contribution is 0.0156. The van der Waals surface area contributed by atoms with Crippen molar-refractivity contribution in [2.24, 2.45) is 0 Å². The molecule has 3 aromatic heterocycles. The molecule has 0 saturated carbocycles. The van der Waals surface area contributed by atoms with Crippen molar-refractivity contribution in [1.82, 2.24) is 30.0 Å². The monoisotopic (exact) mass is 633 g/mol. The van der Waals surface area contributed by atoms with Gasteiger partial charge in [0.1, 0.15) is 28.9 Å². The molecule has 2 saturated heterocycles. The molecule has 1 amide bonds. The highest BCUT2D eigenvalue weighted by Crippen LogP contribution is 2.30. The highest BCUT2D eigenvalue weighted by molar-refractivity contribution is 7.19. The molecule has 0 spiro atoms. The van der Waals surface area contributed by atoms with Crippen molar-refractivity contribution < 1.29 is 18.7 Å². The molecule has 7 rings (SSSR count). The second-order valence-electron chi connectivity index (χ2n) is 10.5. The second-order valence-corrected chi connectivity index (χ2v) is 11.5. The molecule has 0 unspecified atom stereocenters. The van der Waals surface area contributed by atoms with Crippen molar-refractivity contribution in [3.63, 3.8) is 0 Å². The zero-order valence-corrected chi connectivity index (χ0v) is 25.2. The molecule has 2 atom stereocenters. The summed E-state index contributed by atoms with van der Waals surface area (Å²) < 4.78 is 26.5. The summed E-state index contributed by atoms with van der Waals surface area (Å²) in [5, 5.41) is 13.1. The predicted octanol–water partition coefficient (Wildman–Crippen LogP) is 4.94. The third-order valence-corrected chi connectivity index (χ3v) is 8.41. The van der Waals surface area contributed by atoms with Crippen molar-refractivity contribution in [3.8, 4) is 11.8 Å². The van der Waals surface area contributed by atoms with Gasteiger partial charge in [0.05, 0.1) is 47.8 Å². The first-order valence-corrected chi connectivity index (χ1v) is 14.9. The largest absolute Gasteiger partial charge is 0.445 e. The predicted molar refractivity (Wildman–Crippen MR) is 169 cm³/mol. The Hall–Kier alpha value is -4.28. The molecule has 2 aliphatic rings. The number of ether oxygens (including phenoxy) is 2. The van der Waals surface area contributed by atoms with Crippen LogP contribution in [-0.2, 0) is 16.0 Å². The fourth-order valence-corrected chi connectivity index (χ4v) is 6.14. The second kappa shape index (κ2) is 13.2. The number of hydrogen-bond acceptors (Lipinski definition) is 9. The average molecular weight is 634 g/mol. The van der Waals surface area contributed by atoms with Crippen LogP contribution in [0.1, 0.15) is 16.9 Å². The third kappa shape index (κ3) is 6.61. The van der Waals surface area contributed by atoms with Gasteiger partial charge in [-0.15, -0.1) is 23.7 Å². The quantitative estimate of drug-likeness (QED) is 0.262. The summed E-state index contributed by atoms with van der Waals surface area (Å²) in [6.45, 7) is 3.27. The molecule has 5 heterocycles. The topological polar surface area (TPSA) is 106 Å². The van der Waals surface area contributed by atoms with Crippen LogP contribution in [0.2, 0.25) is 0 Å². The van der Waals surface area contributed by atoms with E-state index in [9.17, 15) is 9.18 Å². The van der Waals surface area contributed by atoms with Crippen LogP contribution in [-0.4, -0.2) is 75.7 Å². The lowest BCUT2D eigenvalue weighted by Crippen LogP contribution is -2.42. The molecule has 10 nitrogen and oxygen atoms in total. The number of carbonyl (C=O) groups excluding carboxylic acids is 1. The summed E-state index contributed by atoms with van der Waals surface area (Å²) >= 11 is 1.51. The Morgan fingerprint density at radius 3 is 2.93 bits per heavy atom. The summed E-state index contributed by atoms with van der Waals surface area (Å²) in [5.74, 6) is 6.97. The number of fused-ring (bicyclic) bond motifs is 2. The number of carbonyl (C=O) groups is 1. The van der Waals surface area contributed by atoms with Crippen molar-refractivity contribution in [1.29, 1.82) is 0 Å². The summed E-state index contributed by atoms with van der Waals surface area (Å²) in [5.41, 5.74) is 2.67. The van der Waals surface area contributed by atoms with E-state index in [0.717, 1.165) is 37.2 Å². The van der Waals surface area contributed by atoms with E-state index >= 15 is 0 Å². The molecule has 0 radical (unpaired) electrons. The van der Waals surface area contributed by atoms with Gasteiger partial charge in [-0.05, 0) is 42.0 Å². The number of aromatic nitrogens is 4. The maximum Gasteiger partial charge on any atom is 0.410 e. The number of thiophene rings is 1. The van der Waals surface area contributed by atoms with Crippen molar-refractivity contribution >= 4 is 62.5 Å². The molecule has 2 aliphatic heterocycles. The Morgan fingerprint density at radius 1 is 1.18 bits per heavy atom. The summed E-state index contributed by atoms with van der Waals surface area (Å²) in [4.78, 5) is 24.7. The number of anilines is 2. The van der Waals surface area contributed by atoms with E-state index in [1.807, 2.05) is 35.0 Å². The molecule has 13 heteroatoms. The molecule has 5 aromatic rings.